The Hall–Kier alpha value is -0.900. The molecule has 0 saturated heterocycles. The summed E-state index contributed by atoms with van der Waals surface area (Å²) in [6.07, 6.45) is 1.74. The van der Waals surface area contributed by atoms with Crippen molar-refractivity contribution >= 4 is 21.8 Å². The fourth-order valence-corrected chi connectivity index (χ4v) is 1.85. The second kappa shape index (κ2) is 5.99. The summed E-state index contributed by atoms with van der Waals surface area (Å²) in [5.74, 6) is -0.641. The van der Waals surface area contributed by atoms with Crippen LogP contribution in [0.1, 0.15) is 37.0 Å². The highest BCUT2D eigenvalue weighted by molar-refractivity contribution is 9.10. The lowest BCUT2D eigenvalue weighted by atomic mass is 10.1. The number of benzene rings is 1. The minimum atomic E-state index is -0.405. The zero-order chi connectivity index (χ0) is 12.1. The second-order valence-corrected chi connectivity index (χ2v) is 4.47. The molecule has 0 bridgehead atoms. The Morgan fingerprint density at radius 3 is 2.62 bits per heavy atom. The van der Waals surface area contributed by atoms with Gasteiger partial charge in [-0.3, -0.25) is 4.79 Å². The maximum absolute atomic E-state index is 13.0. The molecule has 16 heavy (non-hydrogen) atoms. The Morgan fingerprint density at radius 2 is 2.06 bits per heavy atom. The van der Waals surface area contributed by atoms with Gasteiger partial charge in [0.2, 0.25) is 0 Å². The zero-order valence-electron chi connectivity index (χ0n) is 9.39. The van der Waals surface area contributed by atoms with Gasteiger partial charge in [-0.25, -0.2) is 4.39 Å². The molecule has 1 aromatic carbocycles. The van der Waals surface area contributed by atoms with Crippen molar-refractivity contribution in [3.05, 3.63) is 34.1 Å². The number of halogens is 2. The van der Waals surface area contributed by atoms with Gasteiger partial charge in [-0.15, -0.1) is 0 Å². The van der Waals surface area contributed by atoms with E-state index in [9.17, 15) is 9.18 Å². The Balaban J connectivity index is 2.83. The van der Waals surface area contributed by atoms with Gasteiger partial charge in [-0.1, -0.05) is 13.8 Å². The van der Waals surface area contributed by atoms with Gasteiger partial charge in [0.15, 0.2) is 0 Å². The maximum atomic E-state index is 13.0. The fourth-order valence-electron chi connectivity index (χ4n) is 1.43. The molecule has 1 amide bonds. The van der Waals surface area contributed by atoms with E-state index >= 15 is 0 Å². The highest BCUT2D eigenvalue weighted by Gasteiger charge is 2.14. The molecule has 2 nitrogen and oxygen atoms in total. The standard InChI is InChI=1S/C12H15BrFNO/c1-3-9(4-2)15-12(16)10-7-8(14)5-6-11(10)13/h5-7,9H,3-4H2,1-2H3,(H,15,16). The van der Waals surface area contributed by atoms with E-state index in [1.807, 2.05) is 13.8 Å². The van der Waals surface area contributed by atoms with Crippen molar-refractivity contribution in [2.24, 2.45) is 0 Å². The van der Waals surface area contributed by atoms with E-state index in [1.54, 1.807) is 0 Å². The van der Waals surface area contributed by atoms with E-state index in [2.05, 4.69) is 21.2 Å². The van der Waals surface area contributed by atoms with Crippen LogP contribution in [0.2, 0.25) is 0 Å². The van der Waals surface area contributed by atoms with Gasteiger partial charge >= 0.3 is 0 Å². The summed E-state index contributed by atoms with van der Waals surface area (Å²) in [5.41, 5.74) is 0.340. The lowest BCUT2D eigenvalue weighted by Gasteiger charge is -2.15. The van der Waals surface area contributed by atoms with Gasteiger partial charge in [0.25, 0.3) is 5.91 Å². The molecule has 0 unspecified atom stereocenters. The third-order valence-electron chi connectivity index (χ3n) is 2.49. The normalized spacial score (nSPS) is 10.6. The number of hydrogen-bond acceptors (Lipinski definition) is 1. The number of amides is 1. The van der Waals surface area contributed by atoms with E-state index in [0.29, 0.717) is 10.0 Å². The van der Waals surface area contributed by atoms with Crippen molar-refractivity contribution in [2.75, 3.05) is 0 Å². The lowest BCUT2D eigenvalue weighted by molar-refractivity contribution is 0.0933. The van der Waals surface area contributed by atoms with Crippen LogP contribution in [-0.4, -0.2) is 11.9 Å². The highest BCUT2D eigenvalue weighted by atomic mass is 79.9. The lowest BCUT2D eigenvalue weighted by Crippen LogP contribution is -2.34. The molecule has 1 aromatic rings. The highest BCUT2D eigenvalue weighted by Crippen LogP contribution is 2.18. The molecule has 0 aromatic heterocycles. The first kappa shape index (κ1) is 13.2. The number of carbonyl (C=O) groups is 1. The third-order valence-corrected chi connectivity index (χ3v) is 3.19. The summed E-state index contributed by atoms with van der Waals surface area (Å²) in [5, 5.41) is 2.87. The quantitative estimate of drug-likeness (QED) is 0.902. The monoisotopic (exact) mass is 287 g/mol. The average Bonchev–Trinajstić information content (AvgIpc) is 2.28. The first-order valence-corrected chi connectivity index (χ1v) is 6.13. The molecule has 1 rings (SSSR count). The number of carbonyl (C=O) groups excluding carboxylic acids is 1. The van der Waals surface area contributed by atoms with Crippen LogP contribution < -0.4 is 5.32 Å². The molecule has 0 aliphatic heterocycles. The predicted molar refractivity (Wildman–Crippen MR) is 65.9 cm³/mol. The van der Waals surface area contributed by atoms with Gasteiger partial charge in [0.1, 0.15) is 5.82 Å². The Morgan fingerprint density at radius 1 is 1.44 bits per heavy atom. The van der Waals surface area contributed by atoms with Gasteiger partial charge in [0, 0.05) is 10.5 Å². The van der Waals surface area contributed by atoms with Crippen molar-refractivity contribution in [3.8, 4) is 0 Å². The largest absolute Gasteiger partial charge is 0.349 e. The second-order valence-electron chi connectivity index (χ2n) is 3.61. The van der Waals surface area contributed by atoms with E-state index in [0.717, 1.165) is 12.8 Å². The molecule has 0 heterocycles. The van der Waals surface area contributed by atoms with E-state index in [4.69, 9.17) is 0 Å². The Bertz CT molecular complexity index is 377. The van der Waals surface area contributed by atoms with Crippen molar-refractivity contribution in [2.45, 2.75) is 32.7 Å². The molecule has 88 valence electrons. The van der Waals surface area contributed by atoms with Crippen LogP contribution in [0.5, 0.6) is 0 Å². The number of hydrogen-bond donors (Lipinski definition) is 1. The Kier molecular flexibility index (Phi) is 4.93. The van der Waals surface area contributed by atoms with Gasteiger partial charge in [0.05, 0.1) is 5.56 Å². The van der Waals surface area contributed by atoms with Crippen LogP contribution in [0.3, 0.4) is 0 Å². The first-order valence-electron chi connectivity index (χ1n) is 5.34. The van der Waals surface area contributed by atoms with E-state index in [1.165, 1.54) is 18.2 Å². The van der Waals surface area contributed by atoms with Crippen LogP contribution in [0.25, 0.3) is 0 Å². The topological polar surface area (TPSA) is 29.1 Å². The van der Waals surface area contributed by atoms with Crippen LogP contribution in [0, 0.1) is 5.82 Å². The van der Waals surface area contributed by atoms with Gasteiger partial charge < -0.3 is 5.32 Å². The molecule has 1 N–H and O–H groups in total. The molecule has 0 aliphatic rings. The van der Waals surface area contributed by atoms with Gasteiger partial charge in [-0.2, -0.15) is 0 Å². The summed E-state index contributed by atoms with van der Waals surface area (Å²) in [6, 6.07) is 4.24. The molecule has 4 heteroatoms. The van der Waals surface area contributed by atoms with Crippen molar-refractivity contribution in [1.29, 1.82) is 0 Å². The molecule has 0 spiro atoms. The molecular weight excluding hydrogens is 273 g/mol. The van der Waals surface area contributed by atoms with Crippen molar-refractivity contribution < 1.29 is 9.18 Å². The van der Waals surface area contributed by atoms with Gasteiger partial charge in [-0.05, 0) is 47.0 Å². The van der Waals surface area contributed by atoms with Crippen LogP contribution >= 0.6 is 15.9 Å². The molecule has 0 saturated carbocycles. The zero-order valence-corrected chi connectivity index (χ0v) is 11.0. The van der Waals surface area contributed by atoms with Crippen LogP contribution in [0.15, 0.2) is 22.7 Å². The first-order chi connectivity index (χ1) is 7.58. The third kappa shape index (κ3) is 3.30. The summed E-state index contributed by atoms with van der Waals surface area (Å²) in [4.78, 5) is 11.8. The summed E-state index contributed by atoms with van der Waals surface area (Å²) < 4.78 is 13.6. The SMILES string of the molecule is CCC(CC)NC(=O)c1cc(F)ccc1Br. The maximum Gasteiger partial charge on any atom is 0.252 e. The number of nitrogens with one attached hydrogen (secondary N) is 1. The molecule has 0 aliphatic carbocycles. The van der Waals surface area contributed by atoms with Crippen LogP contribution in [0.4, 0.5) is 4.39 Å². The fraction of sp³-hybridized carbons (Fsp3) is 0.417. The Labute approximate surface area is 103 Å². The summed E-state index contributed by atoms with van der Waals surface area (Å²) >= 11 is 3.24. The van der Waals surface area contributed by atoms with E-state index in [-0.39, 0.29) is 11.9 Å². The molecule has 0 radical (unpaired) electrons. The summed E-state index contributed by atoms with van der Waals surface area (Å²) in [6.45, 7) is 4.02. The predicted octanol–water partition coefficient (Wildman–Crippen LogP) is 3.51. The van der Waals surface area contributed by atoms with Crippen molar-refractivity contribution in [3.63, 3.8) is 0 Å². The molecule has 0 atom stereocenters. The minimum absolute atomic E-state index is 0.141. The summed E-state index contributed by atoms with van der Waals surface area (Å²) in [7, 11) is 0. The van der Waals surface area contributed by atoms with Crippen LogP contribution in [-0.2, 0) is 0 Å². The smallest absolute Gasteiger partial charge is 0.252 e. The van der Waals surface area contributed by atoms with E-state index < -0.39 is 5.82 Å². The average molecular weight is 288 g/mol. The molecular formula is C12H15BrFNO. The van der Waals surface area contributed by atoms with Crippen molar-refractivity contribution in [1.82, 2.24) is 5.32 Å². The minimum Gasteiger partial charge on any atom is -0.349 e. The number of rotatable bonds is 4. The molecule has 0 fully saturated rings.